The van der Waals surface area contributed by atoms with Gasteiger partial charge in [-0.25, -0.2) is 0 Å². The normalized spacial score (nSPS) is 10.3. The van der Waals surface area contributed by atoms with Crippen LogP contribution in [-0.4, -0.2) is 20.5 Å². The molecule has 0 unspecified atom stereocenters. The first kappa shape index (κ1) is 10.5. The lowest BCUT2D eigenvalue weighted by atomic mass is 10.2. The molecule has 0 saturated heterocycles. The lowest BCUT2D eigenvalue weighted by Gasteiger charge is -1.99. The number of rotatable bonds is 4. The molecule has 16 heavy (non-hydrogen) atoms. The Balaban J connectivity index is 2.06. The zero-order valence-electron chi connectivity index (χ0n) is 9.13. The van der Waals surface area contributed by atoms with E-state index in [1.54, 1.807) is 17.8 Å². The van der Waals surface area contributed by atoms with Gasteiger partial charge in [-0.05, 0) is 25.1 Å². The van der Waals surface area contributed by atoms with Gasteiger partial charge in [0.15, 0.2) is 0 Å². The van der Waals surface area contributed by atoms with Crippen LogP contribution in [0, 0.1) is 0 Å². The summed E-state index contributed by atoms with van der Waals surface area (Å²) in [5.41, 5.74) is 1.77. The van der Waals surface area contributed by atoms with Crippen LogP contribution in [0.25, 0.3) is 0 Å². The van der Waals surface area contributed by atoms with Crippen LogP contribution < -0.4 is 0 Å². The van der Waals surface area contributed by atoms with Crippen LogP contribution in [0.1, 0.15) is 18.3 Å². The summed E-state index contributed by atoms with van der Waals surface area (Å²) in [6, 6.07) is 7.65. The second-order valence-corrected chi connectivity index (χ2v) is 3.70. The third-order valence-corrected chi connectivity index (χ3v) is 2.18. The molecule has 0 bridgehead atoms. The molecule has 4 nitrogen and oxygen atoms in total. The number of carbonyl (C=O) groups is 1. The fourth-order valence-corrected chi connectivity index (χ4v) is 1.50. The highest BCUT2D eigenvalue weighted by Crippen LogP contribution is 2.01. The summed E-state index contributed by atoms with van der Waals surface area (Å²) in [6.45, 7) is 2.20. The van der Waals surface area contributed by atoms with Gasteiger partial charge >= 0.3 is 0 Å². The summed E-state index contributed by atoms with van der Waals surface area (Å²) in [6.07, 6.45) is 4.03. The molecule has 2 aromatic rings. The molecule has 2 aromatic heterocycles. The van der Waals surface area contributed by atoms with Crippen LogP contribution in [0.15, 0.2) is 36.7 Å². The van der Waals surface area contributed by atoms with Gasteiger partial charge in [-0.2, -0.15) is 5.10 Å². The van der Waals surface area contributed by atoms with Gasteiger partial charge in [0.2, 0.25) is 0 Å². The van der Waals surface area contributed by atoms with E-state index in [1.807, 2.05) is 30.5 Å². The zero-order valence-corrected chi connectivity index (χ0v) is 9.13. The second-order valence-electron chi connectivity index (χ2n) is 3.70. The van der Waals surface area contributed by atoms with Crippen molar-refractivity contribution in [2.24, 2.45) is 0 Å². The highest BCUT2D eigenvalue weighted by molar-refractivity contribution is 5.77. The summed E-state index contributed by atoms with van der Waals surface area (Å²) in [4.78, 5) is 15.1. The van der Waals surface area contributed by atoms with Gasteiger partial charge in [-0.1, -0.05) is 6.07 Å². The van der Waals surface area contributed by atoms with Crippen molar-refractivity contribution in [2.45, 2.75) is 19.9 Å². The minimum atomic E-state index is 0.128. The predicted molar refractivity (Wildman–Crippen MR) is 60.0 cm³/mol. The fourth-order valence-electron chi connectivity index (χ4n) is 1.50. The average molecular weight is 215 g/mol. The standard InChI is InChI=1S/C12H13N3O/c1-10(16)8-11-5-7-15(14-11)9-12-4-2-3-6-13-12/h2-7H,8-9H2,1H3. The number of pyridine rings is 1. The van der Waals surface area contributed by atoms with Crippen LogP contribution in [0.3, 0.4) is 0 Å². The number of ketones is 1. The molecular weight excluding hydrogens is 202 g/mol. The number of hydrogen-bond donors (Lipinski definition) is 0. The SMILES string of the molecule is CC(=O)Cc1ccn(Cc2ccccn2)n1. The van der Waals surface area contributed by atoms with Crippen LogP contribution >= 0.6 is 0 Å². The van der Waals surface area contributed by atoms with Crippen molar-refractivity contribution in [3.8, 4) is 0 Å². The Morgan fingerprint density at radius 2 is 2.19 bits per heavy atom. The van der Waals surface area contributed by atoms with E-state index in [0.29, 0.717) is 13.0 Å². The molecule has 0 spiro atoms. The summed E-state index contributed by atoms with van der Waals surface area (Å²) >= 11 is 0. The van der Waals surface area contributed by atoms with E-state index in [4.69, 9.17) is 0 Å². The van der Waals surface area contributed by atoms with Gasteiger partial charge in [0, 0.05) is 12.4 Å². The lowest BCUT2D eigenvalue weighted by Crippen LogP contribution is -2.04. The molecule has 0 aromatic carbocycles. The van der Waals surface area contributed by atoms with Crippen molar-refractivity contribution < 1.29 is 4.79 Å². The van der Waals surface area contributed by atoms with Crippen molar-refractivity contribution in [2.75, 3.05) is 0 Å². The molecule has 0 fully saturated rings. The molecule has 82 valence electrons. The Kier molecular flexibility index (Phi) is 3.10. The maximum atomic E-state index is 10.9. The Morgan fingerprint density at radius 1 is 1.31 bits per heavy atom. The summed E-state index contributed by atoms with van der Waals surface area (Å²) in [5, 5.41) is 4.30. The molecule has 0 aliphatic heterocycles. The summed E-state index contributed by atoms with van der Waals surface area (Å²) in [5.74, 6) is 0.128. The first-order chi connectivity index (χ1) is 7.74. The van der Waals surface area contributed by atoms with E-state index in [2.05, 4.69) is 10.1 Å². The Bertz CT molecular complexity index is 476. The number of Topliss-reactive ketones (excluding diaryl/α,β-unsaturated/α-hetero) is 1. The van der Waals surface area contributed by atoms with E-state index >= 15 is 0 Å². The smallest absolute Gasteiger partial charge is 0.135 e. The number of nitrogens with zero attached hydrogens (tertiary/aromatic N) is 3. The van der Waals surface area contributed by atoms with Gasteiger partial charge in [-0.15, -0.1) is 0 Å². The minimum Gasteiger partial charge on any atom is -0.300 e. The Hall–Kier alpha value is -1.97. The van der Waals surface area contributed by atoms with Gasteiger partial charge in [-0.3, -0.25) is 14.5 Å². The second kappa shape index (κ2) is 4.70. The monoisotopic (exact) mass is 215 g/mol. The Labute approximate surface area is 93.9 Å². The molecular formula is C12H13N3O. The molecule has 0 amide bonds. The quantitative estimate of drug-likeness (QED) is 0.775. The van der Waals surface area contributed by atoms with Crippen molar-refractivity contribution in [1.29, 1.82) is 0 Å². The van der Waals surface area contributed by atoms with Gasteiger partial charge in [0.1, 0.15) is 5.78 Å². The predicted octanol–water partition coefficient (Wildman–Crippen LogP) is 1.46. The molecule has 4 heteroatoms. The topological polar surface area (TPSA) is 47.8 Å². The first-order valence-corrected chi connectivity index (χ1v) is 5.16. The highest BCUT2D eigenvalue weighted by Gasteiger charge is 2.02. The van der Waals surface area contributed by atoms with Crippen LogP contribution in [0.2, 0.25) is 0 Å². The number of carbonyl (C=O) groups excluding carboxylic acids is 1. The molecule has 0 N–H and O–H groups in total. The van der Waals surface area contributed by atoms with Gasteiger partial charge in [0.05, 0.1) is 24.4 Å². The largest absolute Gasteiger partial charge is 0.300 e. The van der Waals surface area contributed by atoms with E-state index in [0.717, 1.165) is 11.4 Å². The molecule has 0 saturated carbocycles. The summed E-state index contributed by atoms with van der Waals surface area (Å²) < 4.78 is 1.79. The zero-order chi connectivity index (χ0) is 11.4. The molecule has 0 atom stereocenters. The number of hydrogen-bond acceptors (Lipinski definition) is 3. The van der Waals surface area contributed by atoms with E-state index in [9.17, 15) is 4.79 Å². The van der Waals surface area contributed by atoms with E-state index < -0.39 is 0 Å². The molecule has 0 aliphatic rings. The highest BCUT2D eigenvalue weighted by atomic mass is 16.1. The summed E-state index contributed by atoms with van der Waals surface area (Å²) in [7, 11) is 0. The number of aromatic nitrogens is 3. The fraction of sp³-hybridized carbons (Fsp3) is 0.250. The molecule has 0 aliphatic carbocycles. The van der Waals surface area contributed by atoms with E-state index in [-0.39, 0.29) is 5.78 Å². The minimum absolute atomic E-state index is 0.128. The maximum Gasteiger partial charge on any atom is 0.135 e. The van der Waals surface area contributed by atoms with Crippen molar-refractivity contribution in [3.05, 3.63) is 48.0 Å². The third kappa shape index (κ3) is 2.76. The van der Waals surface area contributed by atoms with Gasteiger partial charge < -0.3 is 0 Å². The lowest BCUT2D eigenvalue weighted by molar-refractivity contribution is -0.116. The van der Waals surface area contributed by atoms with Crippen LogP contribution in [0.4, 0.5) is 0 Å². The van der Waals surface area contributed by atoms with Crippen molar-refractivity contribution >= 4 is 5.78 Å². The van der Waals surface area contributed by atoms with Crippen LogP contribution in [-0.2, 0) is 17.8 Å². The maximum absolute atomic E-state index is 10.9. The first-order valence-electron chi connectivity index (χ1n) is 5.16. The Morgan fingerprint density at radius 3 is 2.88 bits per heavy atom. The van der Waals surface area contributed by atoms with Crippen LogP contribution in [0.5, 0.6) is 0 Å². The van der Waals surface area contributed by atoms with Crippen molar-refractivity contribution in [1.82, 2.24) is 14.8 Å². The average Bonchev–Trinajstić information content (AvgIpc) is 2.66. The van der Waals surface area contributed by atoms with E-state index in [1.165, 1.54) is 0 Å². The van der Waals surface area contributed by atoms with Gasteiger partial charge in [0.25, 0.3) is 0 Å². The molecule has 2 rings (SSSR count). The van der Waals surface area contributed by atoms with Crippen molar-refractivity contribution in [3.63, 3.8) is 0 Å². The molecule has 2 heterocycles. The third-order valence-electron chi connectivity index (χ3n) is 2.18. The molecule has 0 radical (unpaired) electrons.